The average molecular weight is 384 g/mol. The molecule has 1 saturated heterocycles. The van der Waals surface area contributed by atoms with Crippen molar-refractivity contribution in [2.75, 3.05) is 24.6 Å². The first-order valence-corrected chi connectivity index (χ1v) is 9.57. The van der Waals surface area contributed by atoms with Gasteiger partial charge in [-0.2, -0.15) is 0 Å². The summed E-state index contributed by atoms with van der Waals surface area (Å²) in [5, 5.41) is 0. The number of anilines is 1. The number of hydrogen-bond donors (Lipinski definition) is 0. The lowest BCUT2D eigenvalue weighted by Crippen LogP contribution is -2.48. The van der Waals surface area contributed by atoms with E-state index in [1.807, 2.05) is 19.9 Å². The number of benzene rings is 1. The van der Waals surface area contributed by atoms with Gasteiger partial charge in [0.2, 0.25) is 0 Å². The Balaban J connectivity index is 1.65. The molecule has 0 radical (unpaired) electrons. The summed E-state index contributed by atoms with van der Waals surface area (Å²) in [7, 11) is 0. The van der Waals surface area contributed by atoms with E-state index in [0.717, 1.165) is 41.4 Å². The Labute approximate surface area is 164 Å². The van der Waals surface area contributed by atoms with Crippen molar-refractivity contribution in [2.45, 2.75) is 45.9 Å². The Morgan fingerprint density at radius 1 is 1.21 bits per heavy atom. The standard InChI is InChI=1S/C21H25FN4O2/c1-13(2)28-18-8-15-14(7-16(18)22)10-23-20(15)17-9-19(25-12-24-17)26-5-6-27-21(3,4)11-26/h7-9,12-13H,5-6,10-11H2,1-4H3. The van der Waals surface area contributed by atoms with Gasteiger partial charge in [-0.05, 0) is 45.4 Å². The van der Waals surface area contributed by atoms with Gasteiger partial charge in [-0.3, -0.25) is 4.99 Å². The number of fused-ring (bicyclic) bond motifs is 1. The average Bonchev–Trinajstić information content (AvgIpc) is 3.03. The quantitative estimate of drug-likeness (QED) is 0.809. The number of aromatic nitrogens is 2. The minimum atomic E-state index is -0.358. The van der Waals surface area contributed by atoms with Crippen LogP contribution in [-0.4, -0.2) is 47.1 Å². The van der Waals surface area contributed by atoms with Crippen molar-refractivity contribution in [3.05, 3.63) is 47.2 Å². The van der Waals surface area contributed by atoms with Crippen LogP contribution in [0.25, 0.3) is 0 Å². The van der Waals surface area contributed by atoms with E-state index in [0.29, 0.717) is 13.2 Å². The number of morpholine rings is 1. The van der Waals surface area contributed by atoms with Gasteiger partial charge in [0.1, 0.15) is 12.1 Å². The van der Waals surface area contributed by atoms with Crippen LogP contribution in [0.2, 0.25) is 0 Å². The lowest BCUT2D eigenvalue weighted by molar-refractivity contribution is -0.0279. The van der Waals surface area contributed by atoms with Crippen molar-refractivity contribution < 1.29 is 13.9 Å². The Morgan fingerprint density at radius 3 is 2.79 bits per heavy atom. The Morgan fingerprint density at radius 2 is 2.04 bits per heavy atom. The van der Waals surface area contributed by atoms with Crippen molar-refractivity contribution in [3.8, 4) is 5.75 Å². The highest BCUT2D eigenvalue weighted by molar-refractivity contribution is 6.14. The second-order valence-electron chi connectivity index (χ2n) is 8.06. The second kappa shape index (κ2) is 7.13. The van der Waals surface area contributed by atoms with Crippen LogP contribution < -0.4 is 9.64 Å². The van der Waals surface area contributed by atoms with Gasteiger partial charge in [0, 0.05) is 24.7 Å². The summed E-state index contributed by atoms with van der Waals surface area (Å²) in [6.45, 7) is 10.5. The molecule has 2 aliphatic rings. The van der Waals surface area contributed by atoms with E-state index in [1.165, 1.54) is 6.07 Å². The molecule has 0 saturated carbocycles. The minimum absolute atomic E-state index is 0.107. The molecule has 1 aromatic carbocycles. The number of ether oxygens (including phenoxy) is 2. The molecule has 1 aromatic heterocycles. The summed E-state index contributed by atoms with van der Waals surface area (Å²) in [5.41, 5.74) is 2.97. The maximum atomic E-state index is 14.3. The van der Waals surface area contributed by atoms with Gasteiger partial charge < -0.3 is 14.4 Å². The molecule has 2 aliphatic heterocycles. The maximum Gasteiger partial charge on any atom is 0.165 e. The molecule has 0 aliphatic carbocycles. The molecule has 4 rings (SSSR count). The molecule has 0 bridgehead atoms. The van der Waals surface area contributed by atoms with E-state index in [9.17, 15) is 4.39 Å². The van der Waals surface area contributed by atoms with Gasteiger partial charge >= 0.3 is 0 Å². The van der Waals surface area contributed by atoms with Crippen LogP contribution in [0.1, 0.15) is 44.5 Å². The van der Waals surface area contributed by atoms with Crippen LogP contribution in [-0.2, 0) is 11.3 Å². The molecule has 0 N–H and O–H groups in total. The topological polar surface area (TPSA) is 59.8 Å². The molecule has 6 nitrogen and oxygen atoms in total. The lowest BCUT2D eigenvalue weighted by atomic mass is 10.0. The molecule has 3 heterocycles. The summed E-state index contributed by atoms with van der Waals surface area (Å²) < 4.78 is 25.7. The highest BCUT2D eigenvalue weighted by Crippen LogP contribution is 2.30. The number of rotatable bonds is 4. The first-order valence-electron chi connectivity index (χ1n) is 9.57. The third-order valence-corrected chi connectivity index (χ3v) is 4.83. The van der Waals surface area contributed by atoms with Gasteiger partial charge in [0.15, 0.2) is 11.6 Å². The van der Waals surface area contributed by atoms with E-state index in [-0.39, 0.29) is 23.3 Å². The van der Waals surface area contributed by atoms with Crippen LogP contribution >= 0.6 is 0 Å². The van der Waals surface area contributed by atoms with Crippen molar-refractivity contribution in [1.82, 2.24) is 9.97 Å². The van der Waals surface area contributed by atoms with Crippen LogP contribution in [0.3, 0.4) is 0 Å². The zero-order valence-electron chi connectivity index (χ0n) is 16.7. The van der Waals surface area contributed by atoms with E-state index in [1.54, 1.807) is 12.4 Å². The van der Waals surface area contributed by atoms with Gasteiger partial charge in [-0.25, -0.2) is 14.4 Å². The summed E-state index contributed by atoms with van der Waals surface area (Å²) in [6, 6.07) is 5.19. The highest BCUT2D eigenvalue weighted by atomic mass is 19.1. The Hall–Kier alpha value is -2.54. The molecule has 0 spiro atoms. The van der Waals surface area contributed by atoms with Crippen molar-refractivity contribution in [1.29, 1.82) is 0 Å². The largest absolute Gasteiger partial charge is 0.488 e. The van der Waals surface area contributed by atoms with Crippen LogP contribution in [0, 0.1) is 5.82 Å². The highest BCUT2D eigenvalue weighted by Gasteiger charge is 2.29. The van der Waals surface area contributed by atoms with Crippen LogP contribution in [0.4, 0.5) is 10.2 Å². The number of aliphatic imine (C=N–C) groups is 1. The number of hydrogen-bond acceptors (Lipinski definition) is 6. The normalized spacial score (nSPS) is 18.2. The number of nitrogens with zero attached hydrogens (tertiary/aromatic N) is 4. The third-order valence-electron chi connectivity index (χ3n) is 4.83. The number of halogens is 1. The van der Waals surface area contributed by atoms with E-state index in [4.69, 9.17) is 9.47 Å². The molecule has 28 heavy (non-hydrogen) atoms. The first-order chi connectivity index (χ1) is 13.3. The van der Waals surface area contributed by atoms with Gasteiger partial charge in [-0.15, -0.1) is 0 Å². The fourth-order valence-corrected chi connectivity index (χ4v) is 3.62. The molecular formula is C21H25FN4O2. The molecule has 0 unspecified atom stereocenters. The van der Waals surface area contributed by atoms with Crippen molar-refractivity contribution >= 4 is 11.5 Å². The molecule has 148 valence electrons. The van der Waals surface area contributed by atoms with E-state index >= 15 is 0 Å². The monoisotopic (exact) mass is 384 g/mol. The maximum absolute atomic E-state index is 14.3. The van der Waals surface area contributed by atoms with E-state index in [2.05, 4.69) is 33.7 Å². The summed E-state index contributed by atoms with van der Waals surface area (Å²) >= 11 is 0. The van der Waals surface area contributed by atoms with Crippen LogP contribution in [0.5, 0.6) is 5.75 Å². The molecule has 0 atom stereocenters. The molecule has 7 heteroatoms. The lowest BCUT2D eigenvalue weighted by Gasteiger charge is -2.38. The zero-order valence-corrected chi connectivity index (χ0v) is 16.7. The smallest absolute Gasteiger partial charge is 0.165 e. The predicted octanol–water partition coefficient (Wildman–Crippen LogP) is 3.37. The predicted molar refractivity (Wildman–Crippen MR) is 106 cm³/mol. The molecule has 2 aromatic rings. The van der Waals surface area contributed by atoms with Gasteiger partial charge in [0.25, 0.3) is 0 Å². The van der Waals surface area contributed by atoms with Gasteiger partial charge in [0.05, 0.1) is 36.3 Å². The Kier molecular flexibility index (Phi) is 4.79. The van der Waals surface area contributed by atoms with Crippen LogP contribution in [0.15, 0.2) is 29.5 Å². The summed E-state index contributed by atoms with van der Waals surface area (Å²) in [6.07, 6.45) is 1.45. The summed E-state index contributed by atoms with van der Waals surface area (Å²) in [5.74, 6) is 0.730. The fraction of sp³-hybridized carbons (Fsp3) is 0.476. The Bertz CT molecular complexity index is 927. The van der Waals surface area contributed by atoms with Gasteiger partial charge in [-0.1, -0.05) is 0 Å². The minimum Gasteiger partial charge on any atom is -0.488 e. The molecular weight excluding hydrogens is 359 g/mol. The molecule has 1 fully saturated rings. The fourth-order valence-electron chi connectivity index (χ4n) is 3.62. The van der Waals surface area contributed by atoms with Crippen molar-refractivity contribution in [3.63, 3.8) is 0 Å². The SMILES string of the molecule is CC(C)Oc1cc2c(cc1F)CN=C2c1cc(N2CCOC(C)(C)C2)ncn1. The molecule has 0 amide bonds. The van der Waals surface area contributed by atoms with Crippen molar-refractivity contribution in [2.24, 2.45) is 4.99 Å². The van der Waals surface area contributed by atoms with E-state index < -0.39 is 0 Å². The third kappa shape index (κ3) is 3.71. The first kappa shape index (κ1) is 18.8. The second-order valence-corrected chi connectivity index (χ2v) is 8.06. The zero-order chi connectivity index (χ0) is 19.9. The summed E-state index contributed by atoms with van der Waals surface area (Å²) in [4.78, 5) is 15.7.